The van der Waals surface area contributed by atoms with Crippen molar-refractivity contribution in [2.75, 3.05) is 0 Å². The molecule has 0 bridgehead atoms. The van der Waals surface area contributed by atoms with E-state index in [9.17, 15) is 0 Å². The summed E-state index contributed by atoms with van der Waals surface area (Å²) < 4.78 is 8.74. The Morgan fingerprint density at radius 3 is 1.14 bits per heavy atom. The molecule has 0 aliphatic rings. The Kier molecular flexibility index (Phi) is 51.5. The van der Waals surface area contributed by atoms with Gasteiger partial charge in [-0.1, -0.05) is 0 Å². The molecule has 0 atom stereocenters. The van der Waals surface area contributed by atoms with Crippen LogP contribution in [0, 0.1) is 0 Å². The summed E-state index contributed by atoms with van der Waals surface area (Å²) in [6.45, 7) is 0. The van der Waals surface area contributed by atoms with Gasteiger partial charge in [-0.2, -0.15) is 0 Å². The van der Waals surface area contributed by atoms with Gasteiger partial charge in [0.05, 0.1) is 0 Å². The summed E-state index contributed by atoms with van der Waals surface area (Å²) in [5.41, 5.74) is 0. The first-order valence-corrected chi connectivity index (χ1v) is 1.95. The van der Waals surface area contributed by atoms with Crippen molar-refractivity contribution in [1.29, 1.82) is 0 Å². The van der Waals surface area contributed by atoms with E-state index in [1.165, 1.54) is 0 Å². The molecule has 0 aliphatic carbocycles. The number of hydrogen-bond donors (Lipinski definition) is 2. The predicted octanol–water partition coefficient (Wildman–Crippen LogP) is -2.49. The van der Waals surface area contributed by atoms with Gasteiger partial charge in [-0.15, -0.1) is 0 Å². The van der Waals surface area contributed by atoms with E-state index in [2.05, 4.69) is 0 Å². The van der Waals surface area contributed by atoms with E-state index in [1.807, 2.05) is 0 Å². The first-order valence-electron chi connectivity index (χ1n) is 0.651. The molecule has 4 nitrogen and oxygen atoms in total. The van der Waals surface area contributed by atoms with Crippen LogP contribution in [0.3, 0.4) is 0 Å². The summed E-state index contributed by atoms with van der Waals surface area (Å²) in [4.78, 5) is 14.3. The zero-order chi connectivity index (χ0) is 3.58. The molecule has 0 spiro atoms. The van der Waals surface area contributed by atoms with Gasteiger partial charge in [0.25, 0.3) is 0 Å². The second-order valence-electron chi connectivity index (χ2n) is 0.283. The molecule has 7 heteroatoms. The van der Waals surface area contributed by atoms with Gasteiger partial charge in [-0.05, 0) is 0 Å². The predicted molar refractivity (Wildman–Crippen MR) is 23.1 cm³/mol. The van der Waals surface area contributed by atoms with Crippen molar-refractivity contribution in [3.63, 3.8) is 0 Å². The molecule has 32 valence electrons. The summed E-state index contributed by atoms with van der Waals surface area (Å²) in [5.74, 6) is 0. The summed E-state index contributed by atoms with van der Waals surface area (Å²) in [6, 6.07) is 0. The van der Waals surface area contributed by atoms with Crippen LogP contribution in [0.15, 0.2) is 0 Å². The van der Waals surface area contributed by atoms with Crippen molar-refractivity contribution in [3.05, 3.63) is 0 Å². The molecule has 0 rings (SSSR count). The van der Waals surface area contributed by atoms with Gasteiger partial charge < -0.3 is 15.1 Å². The third-order valence-electron chi connectivity index (χ3n) is 0. The minimum Gasteiger partial charge on any atom is -2.00 e. The number of hydrogen-bond acceptors (Lipinski definition) is 1. The van der Waals surface area contributed by atoms with Crippen LogP contribution >= 0.6 is 0 Å². The fourth-order valence-electron chi connectivity index (χ4n) is 0. The van der Waals surface area contributed by atoms with Crippen LogP contribution in [0.4, 0.5) is 0 Å². The van der Waals surface area contributed by atoms with Crippen molar-refractivity contribution in [2.24, 2.45) is 0 Å². The van der Waals surface area contributed by atoms with Crippen molar-refractivity contribution < 1.29 is 19.5 Å². The topological polar surface area (TPSA) is 86.0 Å². The van der Waals surface area contributed by atoms with E-state index >= 15 is 0 Å². The molecule has 0 unspecified atom stereocenters. The maximum absolute atomic E-state index is 8.74. The molecule has 0 aromatic heterocycles. The Labute approximate surface area is 102 Å². The molecular formula is H2Ca2O4Si+2. The fraction of sp³-hybridized carbons (Fsp3) is 0. The van der Waals surface area contributed by atoms with E-state index in [0.29, 0.717) is 0 Å². The van der Waals surface area contributed by atoms with Crippen LogP contribution < -0.4 is 0 Å². The van der Waals surface area contributed by atoms with E-state index < -0.39 is 9.17 Å². The zero-order valence-electron chi connectivity index (χ0n) is 3.63. The van der Waals surface area contributed by atoms with Crippen LogP contribution in [0.25, 0.3) is 0 Å². The van der Waals surface area contributed by atoms with Gasteiger partial charge in [0.2, 0.25) is 0 Å². The van der Waals surface area contributed by atoms with Gasteiger partial charge in [0.1, 0.15) is 0 Å². The molecule has 0 radical (unpaired) electrons. The largest absolute Gasteiger partial charge is 2.00 e. The van der Waals surface area contributed by atoms with E-state index in [0.717, 1.165) is 0 Å². The van der Waals surface area contributed by atoms with Gasteiger partial charge >= 0.3 is 84.6 Å². The van der Waals surface area contributed by atoms with Crippen LogP contribution in [-0.2, 0) is 9.94 Å². The van der Waals surface area contributed by atoms with Crippen molar-refractivity contribution >= 4 is 84.6 Å². The molecule has 0 heterocycles. The minimum absolute atomic E-state index is 0. The Morgan fingerprint density at radius 2 is 1.14 bits per heavy atom. The average molecular weight is 174 g/mol. The Bertz CT molecular complexity index is 32.7. The van der Waals surface area contributed by atoms with Gasteiger partial charge in [-0.25, -0.2) is 0 Å². The first-order chi connectivity index (χ1) is 1.73. The van der Waals surface area contributed by atoms with Crippen LogP contribution in [0.1, 0.15) is 0 Å². The summed E-state index contributed by atoms with van der Waals surface area (Å²) in [7, 11) is -3.13. The molecule has 0 aromatic rings. The van der Waals surface area contributed by atoms with Crippen LogP contribution in [0.5, 0.6) is 0 Å². The molecule has 0 amide bonds. The number of rotatable bonds is 0. The van der Waals surface area contributed by atoms with Crippen molar-refractivity contribution in [2.45, 2.75) is 0 Å². The molecule has 2 N–H and O–H groups in total. The quantitative estimate of drug-likeness (QED) is 0.398. The SMILES string of the molecule is O=[Si](O)O.[Ca+2].[Ca+2].[O-2]. The van der Waals surface area contributed by atoms with Crippen LogP contribution in [-0.4, -0.2) is 94.2 Å². The van der Waals surface area contributed by atoms with E-state index in [4.69, 9.17) is 14.1 Å². The normalized spacial score (nSPS) is 3.43. The molecule has 0 aromatic carbocycles. The minimum atomic E-state index is -3.13. The Morgan fingerprint density at radius 1 is 1.14 bits per heavy atom. The van der Waals surface area contributed by atoms with Gasteiger partial charge in [-0.3, -0.25) is 4.46 Å². The van der Waals surface area contributed by atoms with Crippen molar-refractivity contribution in [1.82, 2.24) is 0 Å². The second kappa shape index (κ2) is 15.7. The average Bonchev–Trinajstić information content (AvgIpc) is 0.811. The standard InChI is InChI=1S/2Ca.H2O3Si.O/c;;1-4(2)3;/h;;1-2H;/q2*+2;;-2. The molecule has 0 saturated heterocycles. The van der Waals surface area contributed by atoms with E-state index in [1.54, 1.807) is 0 Å². The summed E-state index contributed by atoms with van der Waals surface area (Å²) in [6.07, 6.45) is 0. The van der Waals surface area contributed by atoms with Gasteiger partial charge in [0.15, 0.2) is 0 Å². The first kappa shape index (κ1) is 23.0. The maximum Gasteiger partial charge on any atom is 2.00 e. The molecule has 7 heavy (non-hydrogen) atoms. The fourth-order valence-corrected chi connectivity index (χ4v) is 0. The Balaban J connectivity index is -0.0000000150. The third-order valence-corrected chi connectivity index (χ3v) is 0. The molecule has 0 fully saturated rings. The monoisotopic (exact) mass is 174 g/mol. The molecule has 0 aliphatic heterocycles. The second-order valence-corrected chi connectivity index (χ2v) is 0.848. The van der Waals surface area contributed by atoms with Gasteiger partial charge in [0, 0.05) is 0 Å². The van der Waals surface area contributed by atoms with Crippen molar-refractivity contribution in [3.8, 4) is 0 Å². The third kappa shape index (κ3) is 68.5. The Hall–Kier alpha value is 2.10. The smallest absolute Gasteiger partial charge is 2.00 e. The zero-order valence-corrected chi connectivity index (χ0v) is 9.04. The van der Waals surface area contributed by atoms with E-state index in [-0.39, 0.29) is 81.0 Å². The summed E-state index contributed by atoms with van der Waals surface area (Å²) in [5, 5.41) is 0. The summed E-state index contributed by atoms with van der Waals surface area (Å²) >= 11 is 0. The molecule has 0 saturated carbocycles. The van der Waals surface area contributed by atoms with Crippen LogP contribution in [0.2, 0.25) is 0 Å². The maximum atomic E-state index is 8.74. The molecular weight excluding hydrogens is 172 g/mol.